The molecule has 0 N–H and O–H groups in total. The molecule has 0 spiro atoms. The fourth-order valence-electron chi connectivity index (χ4n) is 1.88. The number of alkyl halides is 1. The average molecular weight is 265 g/mol. The van der Waals surface area contributed by atoms with Crippen LogP contribution in [0.2, 0.25) is 0 Å². The van der Waals surface area contributed by atoms with Crippen molar-refractivity contribution in [3.05, 3.63) is 41.7 Å². The molecule has 0 radical (unpaired) electrons. The minimum absolute atomic E-state index is 0.466. The number of nitrogens with zero attached hydrogens (tertiary/aromatic N) is 4. The van der Waals surface area contributed by atoms with E-state index in [0.717, 1.165) is 29.3 Å². The summed E-state index contributed by atoms with van der Waals surface area (Å²) < 4.78 is 2.02. The van der Waals surface area contributed by atoms with Gasteiger partial charge < -0.3 is 9.47 Å². The van der Waals surface area contributed by atoms with Gasteiger partial charge in [0.05, 0.1) is 12.4 Å². The Bertz CT molecular complexity index is 536. The summed E-state index contributed by atoms with van der Waals surface area (Å²) in [5.41, 5.74) is 3.14. The molecule has 2 aromatic rings. The predicted molar refractivity (Wildman–Crippen MR) is 73.8 cm³/mol. The summed E-state index contributed by atoms with van der Waals surface area (Å²) >= 11 is 5.95. The number of aryl methyl sites for hydroxylation is 2. The Balaban J connectivity index is 2.25. The van der Waals surface area contributed by atoms with Gasteiger partial charge in [-0.2, -0.15) is 0 Å². The summed E-state index contributed by atoms with van der Waals surface area (Å²) in [5, 5.41) is 0. The van der Waals surface area contributed by atoms with Crippen LogP contribution >= 0.6 is 11.6 Å². The summed E-state index contributed by atoms with van der Waals surface area (Å²) in [6.45, 7) is 2.73. The second-order valence-corrected chi connectivity index (χ2v) is 4.67. The molecule has 2 rings (SSSR count). The lowest BCUT2D eigenvalue weighted by Crippen LogP contribution is -2.20. The minimum Gasteiger partial charge on any atom is -0.367 e. The predicted octanol–water partition coefficient (Wildman–Crippen LogP) is 2.50. The Hall–Kier alpha value is -1.55. The smallest absolute Gasteiger partial charge is 0.127 e. The largest absolute Gasteiger partial charge is 0.367 e. The third-order valence-corrected chi connectivity index (χ3v) is 3.24. The van der Waals surface area contributed by atoms with E-state index in [-0.39, 0.29) is 0 Å². The molecule has 0 atom stereocenters. The molecule has 0 amide bonds. The summed E-state index contributed by atoms with van der Waals surface area (Å²) in [6, 6.07) is 2.06. The Morgan fingerprint density at radius 3 is 2.78 bits per heavy atom. The van der Waals surface area contributed by atoms with Crippen LogP contribution in [0.3, 0.4) is 0 Å². The summed E-state index contributed by atoms with van der Waals surface area (Å²) in [5.74, 6) is 1.49. The summed E-state index contributed by atoms with van der Waals surface area (Å²) in [7, 11) is 4.04. The van der Waals surface area contributed by atoms with E-state index in [1.807, 2.05) is 44.2 Å². The molecule has 18 heavy (non-hydrogen) atoms. The van der Waals surface area contributed by atoms with Crippen molar-refractivity contribution in [2.75, 3.05) is 11.9 Å². The van der Waals surface area contributed by atoms with Gasteiger partial charge in [-0.15, -0.1) is 11.6 Å². The molecule has 0 aliphatic carbocycles. The van der Waals surface area contributed by atoms with Gasteiger partial charge >= 0.3 is 0 Å². The second-order valence-electron chi connectivity index (χ2n) is 4.40. The molecule has 0 aliphatic rings. The molecule has 0 unspecified atom stereocenters. The van der Waals surface area contributed by atoms with Gasteiger partial charge in [0.15, 0.2) is 0 Å². The van der Waals surface area contributed by atoms with Gasteiger partial charge in [-0.1, -0.05) is 0 Å². The van der Waals surface area contributed by atoms with Crippen molar-refractivity contribution in [2.45, 2.75) is 19.3 Å². The van der Waals surface area contributed by atoms with Crippen molar-refractivity contribution in [3.8, 4) is 0 Å². The van der Waals surface area contributed by atoms with Crippen molar-refractivity contribution < 1.29 is 0 Å². The van der Waals surface area contributed by atoms with Crippen LogP contribution in [0.15, 0.2) is 24.7 Å². The molecule has 2 heterocycles. The number of imidazole rings is 1. The molecular formula is C13H17ClN4. The third kappa shape index (κ3) is 2.64. The molecule has 0 bridgehead atoms. The molecule has 96 valence electrons. The normalized spacial score (nSPS) is 10.7. The van der Waals surface area contributed by atoms with E-state index in [1.54, 1.807) is 0 Å². The minimum atomic E-state index is 0.466. The fraction of sp³-hybridized carbons (Fsp3) is 0.385. The molecule has 2 aromatic heterocycles. The number of halogens is 1. The van der Waals surface area contributed by atoms with E-state index >= 15 is 0 Å². The number of pyridine rings is 1. The van der Waals surface area contributed by atoms with Crippen LogP contribution in [0.1, 0.15) is 17.1 Å². The maximum Gasteiger partial charge on any atom is 0.127 e. The highest BCUT2D eigenvalue weighted by atomic mass is 35.5. The molecular weight excluding hydrogens is 248 g/mol. The first-order chi connectivity index (χ1) is 8.61. The Kier molecular flexibility index (Phi) is 3.87. The van der Waals surface area contributed by atoms with Gasteiger partial charge in [0.25, 0.3) is 0 Å². The molecule has 4 nitrogen and oxygen atoms in total. The Labute approximate surface area is 112 Å². The van der Waals surface area contributed by atoms with E-state index in [4.69, 9.17) is 11.6 Å². The van der Waals surface area contributed by atoms with Crippen LogP contribution in [0.25, 0.3) is 0 Å². The number of hydrogen-bond donors (Lipinski definition) is 0. The first kappa shape index (κ1) is 12.9. The first-order valence-electron chi connectivity index (χ1n) is 5.80. The standard InChI is InChI=1S/C13H17ClN4/c1-10-6-12(11(7-14)8-16-10)18(3)9-13-15-4-5-17(13)2/h4-6,8H,7,9H2,1-3H3. The van der Waals surface area contributed by atoms with Crippen molar-refractivity contribution in [1.82, 2.24) is 14.5 Å². The zero-order valence-corrected chi connectivity index (χ0v) is 11.6. The van der Waals surface area contributed by atoms with E-state index < -0.39 is 0 Å². The topological polar surface area (TPSA) is 34.0 Å². The van der Waals surface area contributed by atoms with Gasteiger partial charge in [0, 0.05) is 49.6 Å². The maximum atomic E-state index is 5.95. The van der Waals surface area contributed by atoms with Crippen LogP contribution in [0.5, 0.6) is 0 Å². The van der Waals surface area contributed by atoms with Crippen LogP contribution in [-0.4, -0.2) is 21.6 Å². The quantitative estimate of drug-likeness (QED) is 0.796. The lowest BCUT2D eigenvalue weighted by Gasteiger charge is -2.21. The van der Waals surface area contributed by atoms with E-state index in [0.29, 0.717) is 5.88 Å². The molecule has 0 fully saturated rings. The van der Waals surface area contributed by atoms with Crippen LogP contribution < -0.4 is 4.90 Å². The zero-order chi connectivity index (χ0) is 13.1. The van der Waals surface area contributed by atoms with Crippen LogP contribution in [-0.2, 0) is 19.5 Å². The lowest BCUT2D eigenvalue weighted by molar-refractivity contribution is 0.759. The number of aromatic nitrogens is 3. The highest BCUT2D eigenvalue weighted by molar-refractivity contribution is 6.17. The van der Waals surface area contributed by atoms with E-state index in [2.05, 4.69) is 20.9 Å². The summed E-state index contributed by atoms with van der Waals surface area (Å²) in [4.78, 5) is 10.8. The first-order valence-corrected chi connectivity index (χ1v) is 6.34. The van der Waals surface area contributed by atoms with Gasteiger partial charge in [0.2, 0.25) is 0 Å². The number of hydrogen-bond acceptors (Lipinski definition) is 3. The van der Waals surface area contributed by atoms with Gasteiger partial charge in [0.1, 0.15) is 5.82 Å². The highest BCUT2D eigenvalue weighted by Crippen LogP contribution is 2.22. The average Bonchev–Trinajstić information content (AvgIpc) is 2.75. The SMILES string of the molecule is Cc1cc(N(C)Cc2nccn2C)c(CCl)cn1. The second kappa shape index (κ2) is 5.40. The van der Waals surface area contributed by atoms with Crippen molar-refractivity contribution in [1.29, 1.82) is 0 Å². The van der Waals surface area contributed by atoms with Gasteiger partial charge in [-0.05, 0) is 13.0 Å². The third-order valence-electron chi connectivity index (χ3n) is 2.95. The Morgan fingerprint density at radius 2 is 2.17 bits per heavy atom. The van der Waals surface area contributed by atoms with E-state index in [9.17, 15) is 0 Å². The molecule has 0 aromatic carbocycles. The maximum absolute atomic E-state index is 5.95. The fourth-order valence-corrected chi connectivity index (χ4v) is 2.08. The Morgan fingerprint density at radius 1 is 1.39 bits per heavy atom. The lowest BCUT2D eigenvalue weighted by atomic mass is 10.2. The van der Waals surface area contributed by atoms with Crippen LogP contribution in [0.4, 0.5) is 5.69 Å². The molecule has 0 saturated heterocycles. The molecule has 0 aliphatic heterocycles. The van der Waals surface area contributed by atoms with E-state index in [1.165, 1.54) is 0 Å². The van der Waals surface area contributed by atoms with Crippen LogP contribution in [0, 0.1) is 6.92 Å². The van der Waals surface area contributed by atoms with Crippen molar-refractivity contribution in [2.24, 2.45) is 7.05 Å². The molecule has 0 saturated carbocycles. The number of anilines is 1. The number of rotatable bonds is 4. The van der Waals surface area contributed by atoms with Crippen molar-refractivity contribution >= 4 is 17.3 Å². The highest BCUT2D eigenvalue weighted by Gasteiger charge is 2.10. The summed E-state index contributed by atoms with van der Waals surface area (Å²) in [6.07, 6.45) is 5.60. The monoisotopic (exact) mass is 264 g/mol. The van der Waals surface area contributed by atoms with Crippen molar-refractivity contribution in [3.63, 3.8) is 0 Å². The molecule has 5 heteroatoms. The van der Waals surface area contributed by atoms with Gasteiger partial charge in [-0.25, -0.2) is 4.98 Å². The zero-order valence-electron chi connectivity index (χ0n) is 10.9. The van der Waals surface area contributed by atoms with Gasteiger partial charge in [-0.3, -0.25) is 4.98 Å².